The number of nitrogen functional groups attached to an aromatic ring is 1. The number of aliphatic hydroxyl groups excluding tert-OH is 1. The van der Waals surface area contributed by atoms with Gasteiger partial charge in [-0.2, -0.15) is 0 Å². The largest absolute Gasteiger partial charge is 0.398 e. The van der Waals surface area contributed by atoms with E-state index in [1.54, 1.807) is 12.4 Å². The smallest absolute Gasteiger partial charge is 0.104 e. The molecule has 19 heavy (non-hydrogen) atoms. The Labute approximate surface area is 111 Å². The molecular weight excluding hydrogens is 240 g/mol. The van der Waals surface area contributed by atoms with E-state index >= 15 is 0 Å². The standard InChI is InChI=1S/C15H16N2O2/c1-9-2-3-10(4-14(9)16)11-5-17-6-12-13(11)7-19-8-15(12)18/h2-6,15,18H,7-8,16H2,1H3. The summed E-state index contributed by atoms with van der Waals surface area (Å²) in [5, 5.41) is 9.94. The number of anilines is 1. The van der Waals surface area contributed by atoms with Crippen molar-refractivity contribution in [1.29, 1.82) is 0 Å². The Hall–Kier alpha value is -1.91. The van der Waals surface area contributed by atoms with Crippen LogP contribution in [-0.4, -0.2) is 16.7 Å². The number of ether oxygens (including phenoxy) is 1. The van der Waals surface area contributed by atoms with Gasteiger partial charge in [-0.3, -0.25) is 4.98 Å². The van der Waals surface area contributed by atoms with Crippen LogP contribution in [0.5, 0.6) is 0 Å². The van der Waals surface area contributed by atoms with Gasteiger partial charge in [0.1, 0.15) is 6.10 Å². The van der Waals surface area contributed by atoms with Crippen molar-refractivity contribution in [3.63, 3.8) is 0 Å². The Morgan fingerprint density at radius 1 is 1.37 bits per heavy atom. The molecule has 0 bridgehead atoms. The second kappa shape index (κ2) is 4.64. The number of fused-ring (bicyclic) bond motifs is 1. The molecule has 1 aromatic heterocycles. The number of hydrogen-bond acceptors (Lipinski definition) is 4. The van der Waals surface area contributed by atoms with Crippen LogP contribution in [-0.2, 0) is 11.3 Å². The van der Waals surface area contributed by atoms with Crippen LogP contribution in [0.1, 0.15) is 22.8 Å². The zero-order chi connectivity index (χ0) is 13.4. The van der Waals surface area contributed by atoms with Crippen LogP contribution in [0.25, 0.3) is 11.1 Å². The number of aliphatic hydroxyl groups is 1. The third kappa shape index (κ3) is 2.09. The number of pyridine rings is 1. The van der Waals surface area contributed by atoms with E-state index in [1.807, 2.05) is 25.1 Å². The fraction of sp³-hybridized carbons (Fsp3) is 0.267. The molecule has 0 aliphatic carbocycles. The normalized spacial score (nSPS) is 18.1. The number of nitrogens with two attached hydrogens (primary N) is 1. The molecule has 1 unspecified atom stereocenters. The molecule has 4 nitrogen and oxygen atoms in total. The maximum absolute atomic E-state index is 9.94. The molecule has 0 saturated heterocycles. The van der Waals surface area contributed by atoms with E-state index in [4.69, 9.17) is 10.5 Å². The molecule has 3 N–H and O–H groups in total. The molecule has 0 radical (unpaired) electrons. The predicted octanol–water partition coefficient (Wildman–Crippen LogP) is 2.20. The summed E-state index contributed by atoms with van der Waals surface area (Å²) >= 11 is 0. The van der Waals surface area contributed by atoms with Crippen LogP contribution in [0, 0.1) is 6.92 Å². The van der Waals surface area contributed by atoms with Crippen LogP contribution in [0.2, 0.25) is 0 Å². The van der Waals surface area contributed by atoms with E-state index in [-0.39, 0.29) is 0 Å². The highest BCUT2D eigenvalue weighted by Crippen LogP contribution is 2.33. The Bertz CT molecular complexity index is 626. The summed E-state index contributed by atoms with van der Waals surface area (Å²) in [7, 11) is 0. The summed E-state index contributed by atoms with van der Waals surface area (Å²) in [5.74, 6) is 0. The first kappa shape index (κ1) is 12.1. The lowest BCUT2D eigenvalue weighted by Gasteiger charge is -2.23. The maximum Gasteiger partial charge on any atom is 0.104 e. The molecule has 1 atom stereocenters. The van der Waals surface area contributed by atoms with E-state index in [1.165, 1.54) is 0 Å². The number of aromatic nitrogens is 1. The van der Waals surface area contributed by atoms with Crippen molar-refractivity contribution < 1.29 is 9.84 Å². The summed E-state index contributed by atoms with van der Waals surface area (Å²) in [6.07, 6.45) is 2.91. The third-order valence-corrected chi connectivity index (χ3v) is 3.56. The van der Waals surface area contributed by atoms with Crippen LogP contribution < -0.4 is 5.73 Å². The molecule has 2 aromatic rings. The molecule has 0 spiro atoms. The van der Waals surface area contributed by atoms with E-state index in [2.05, 4.69) is 4.98 Å². The van der Waals surface area contributed by atoms with Crippen molar-refractivity contribution in [3.8, 4) is 11.1 Å². The van der Waals surface area contributed by atoms with Crippen molar-refractivity contribution >= 4 is 5.69 Å². The highest BCUT2D eigenvalue weighted by molar-refractivity contribution is 5.72. The zero-order valence-electron chi connectivity index (χ0n) is 10.8. The molecule has 1 aromatic carbocycles. The van der Waals surface area contributed by atoms with Gasteiger partial charge in [-0.05, 0) is 29.7 Å². The summed E-state index contributed by atoms with van der Waals surface area (Å²) in [5.41, 5.74) is 11.6. The van der Waals surface area contributed by atoms with Crippen LogP contribution in [0.4, 0.5) is 5.69 Å². The number of nitrogens with zero attached hydrogens (tertiary/aromatic N) is 1. The maximum atomic E-state index is 9.94. The average Bonchev–Trinajstić information content (AvgIpc) is 2.42. The Morgan fingerprint density at radius 3 is 3.00 bits per heavy atom. The van der Waals surface area contributed by atoms with Gasteiger partial charge in [-0.25, -0.2) is 0 Å². The minimum atomic E-state index is -0.598. The van der Waals surface area contributed by atoms with Crippen LogP contribution in [0.3, 0.4) is 0 Å². The molecule has 98 valence electrons. The van der Waals surface area contributed by atoms with Gasteiger partial charge in [0.25, 0.3) is 0 Å². The first-order valence-electron chi connectivity index (χ1n) is 6.26. The lowest BCUT2D eigenvalue weighted by Crippen LogP contribution is -2.17. The van der Waals surface area contributed by atoms with Gasteiger partial charge < -0.3 is 15.6 Å². The Morgan fingerprint density at radius 2 is 2.21 bits per heavy atom. The average molecular weight is 256 g/mol. The minimum absolute atomic E-state index is 0.328. The summed E-state index contributed by atoms with van der Waals surface area (Å²) in [6.45, 7) is 2.80. The van der Waals surface area contributed by atoms with Crippen molar-refractivity contribution in [2.24, 2.45) is 0 Å². The molecular formula is C15H16N2O2. The number of benzene rings is 1. The topological polar surface area (TPSA) is 68.4 Å². The van der Waals surface area contributed by atoms with E-state index in [9.17, 15) is 5.11 Å². The number of rotatable bonds is 1. The second-order valence-electron chi connectivity index (χ2n) is 4.86. The lowest BCUT2D eigenvalue weighted by atomic mass is 9.94. The van der Waals surface area contributed by atoms with Gasteiger partial charge >= 0.3 is 0 Å². The minimum Gasteiger partial charge on any atom is -0.398 e. The number of aryl methyl sites for hydroxylation is 1. The summed E-state index contributed by atoms with van der Waals surface area (Å²) in [6, 6.07) is 5.95. The Balaban J connectivity index is 2.15. The van der Waals surface area contributed by atoms with E-state index in [0.29, 0.717) is 13.2 Å². The van der Waals surface area contributed by atoms with Crippen molar-refractivity contribution in [3.05, 3.63) is 47.3 Å². The van der Waals surface area contributed by atoms with Gasteiger partial charge in [0, 0.05) is 29.2 Å². The summed E-state index contributed by atoms with van der Waals surface area (Å²) in [4.78, 5) is 4.22. The Kier molecular flexibility index (Phi) is 2.97. The third-order valence-electron chi connectivity index (χ3n) is 3.56. The molecule has 0 saturated carbocycles. The first-order valence-corrected chi connectivity index (χ1v) is 6.26. The molecule has 3 rings (SSSR count). The predicted molar refractivity (Wildman–Crippen MR) is 73.4 cm³/mol. The van der Waals surface area contributed by atoms with Gasteiger partial charge in [0.05, 0.1) is 13.2 Å². The van der Waals surface area contributed by atoms with Crippen LogP contribution >= 0.6 is 0 Å². The van der Waals surface area contributed by atoms with Crippen molar-refractivity contribution in [1.82, 2.24) is 4.98 Å². The van der Waals surface area contributed by atoms with Crippen molar-refractivity contribution in [2.45, 2.75) is 19.6 Å². The fourth-order valence-corrected chi connectivity index (χ4v) is 2.37. The van der Waals surface area contributed by atoms with Gasteiger partial charge in [0.15, 0.2) is 0 Å². The van der Waals surface area contributed by atoms with E-state index < -0.39 is 6.10 Å². The van der Waals surface area contributed by atoms with Gasteiger partial charge in [-0.15, -0.1) is 0 Å². The van der Waals surface area contributed by atoms with Gasteiger partial charge in [-0.1, -0.05) is 12.1 Å². The van der Waals surface area contributed by atoms with Crippen LogP contribution in [0.15, 0.2) is 30.6 Å². The fourth-order valence-electron chi connectivity index (χ4n) is 2.37. The number of hydrogen-bond donors (Lipinski definition) is 2. The lowest BCUT2D eigenvalue weighted by molar-refractivity contribution is 0.00981. The highest BCUT2D eigenvalue weighted by atomic mass is 16.5. The molecule has 1 aliphatic heterocycles. The van der Waals surface area contributed by atoms with Gasteiger partial charge in [0.2, 0.25) is 0 Å². The first-order chi connectivity index (χ1) is 9.16. The summed E-state index contributed by atoms with van der Waals surface area (Å²) < 4.78 is 5.42. The highest BCUT2D eigenvalue weighted by Gasteiger charge is 2.22. The van der Waals surface area contributed by atoms with Crippen molar-refractivity contribution in [2.75, 3.05) is 12.3 Å². The molecule has 0 amide bonds. The molecule has 1 aliphatic rings. The SMILES string of the molecule is Cc1ccc(-c2cncc3c2COCC3O)cc1N. The quantitative estimate of drug-likeness (QED) is 0.767. The molecule has 0 fully saturated rings. The zero-order valence-corrected chi connectivity index (χ0v) is 10.8. The van der Waals surface area contributed by atoms with E-state index in [0.717, 1.165) is 33.5 Å². The molecule has 4 heteroatoms. The molecule has 2 heterocycles. The second-order valence-corrected chi connectivity index (χ2v) is 4.86. The monoisotopic (exact) mass is 256 g/mol.